The Morgan fingerprint density at radius 2 is 2.10 bits per heavy atom. The van der Waals surface area contributed by atoms with Gasteiger partial charge in [0.15, 0.2) is 0 Å². The van der Waals surface area contributed by atoms with Crippen LogP contribution in [0, 0.1) is 0 Å². The molecule has 1 atom stereocenters. The van der Waals surface area contributed by atoms with Crippen LogP contribution in [0.25, 0.3) is 0 Å². The van der Waals surface area contributed by atoms with Crippen molar-refractivity contribution in [2.24, 2.45) is 0 Å². The number of hydrogen-bond donors (Lipinski definition) is 1. The molecule has 4 heteroatoms. The van der Waals surface area contributed by atoms with Gasteiger partial charge in [0.25, 0.3) is 0 Å². The number of anilines is 1. The maximum atomic E-state index is 5.34. The van der Waals surface area contributed by atoms with Crippen molar-refractivity contribution in [3.63, 3.8) is 0 Å². The van der Waals surface area contributed by atoms with Crippen LogP contribution in [-0.2, 0) is 11.2 Å². The Labute approximate surface area is 122 Å². The summed E-state index contributed by atoms with van der Waals surface area (Å²) in [6, 6.07) is 2.15. The second-order valence-electron chi connectivity index (χ2n) is 5.75. The van der Waals surface area contributed by atoms with Gasteiger partial charge >= 0.3 is 0 Å². The van der Waals surface area contributed by atoms with E-state index in [4.69, 9.17) is 9.72 Å². The number of nitrogens with one attached hydrogen (secondary N) is 1. The highest BCUT2D eigenvalue weighted by atomic mass is 16.5. The minimum absolute atomic E-state index is 0.160. The first-order chi connectivity index (χ1) is 9.72. The summed E-state index contributed by atoms with van der Waals surface area (Å²) in [7, 11) is 1.74. The van der Waals surface area contributed by atoms with Crippen LogP contribution in [0.15, 0.2) is 6.07 Å². The number of rotatable bonds is 7. The van der Waals surface area contributed by atoms with Crippen LogP contribution in [0.5, 0.6) is 0 Å². The molecule has 1 fully saturated rings. The van der Waals surface area contributed by atoms with E-state index in [-0.39, 0.29) is 6.10 Å². The Morgan fingerprint density at radius 1 is 1.35 bits per heavy atom. The number of nitrogens with zero attached hydrogens (tertiary/aromatic N) is 2. The van der Waals surface area contributed by atoms with Gasteiger partial charge in [-0.1, -0.05) is 19.8 Å². The SMILES string of the molecule is CCCNc1cc(C2CCCC2)nc(CC(C)OC)n1. The summed E-state index contributed by atoms with van der Waals surface area (Å²) in [5, 5.41) is 3.40. The van der Waals surface area contributed by atoms with Gasteiger partial charge in [0.05, 0.1) is 6.10 Å². The van der Waals surface area contributed by atoms with Crippen LogP contribution < -0.4 is 5.32 Å². The van der Waals surface area contributed by atoms with Gasteiger partial charge in [0, 0.05) is 37.8 Å². The van der Waals surface area contributed by atoms with Crippen molar-refractivity contribution in [3.05, 3.63) is 17.6 Å². The fourth-order valence-corrected chi connectivity index (χ4v) is 2.72. The molecule has 0 aliphatic heterocycles. The fourth-order valence-electron chi connectivity index (χ4n) is 2.72. The quantitative estimate of drug-likeness (QED) is 0.828. The normalized spacial score (nSPS) is 17.4. The molecule has 1 aliphatic rings. The summed E-state index contributed by atoms with van der Waals surface area (Å²) < 4.78 is 5.34. The molecule has 20 heavy (non-hydrogen) atoms. The summed E-state index contributed by atoms with van der Waals surface area (Å²) in [5.74, 6) is 2.50. The van der Waals surface area contributed by atoms with Gasteiger partial charge < -0.3 is 10.1 Å². The van der Waals surface area contributed by atoms with E-state index < -0.39 is 0 Å². The fraction of sp³-hybridized carbons (Fsp3) is 0.750. The van der Waals surface area contributed by atoms with E-state index >= 15 is 0 Å². The second kappa shape index (κ2) is 7.58. The zero-order valence-corrected chi connectivity index (χ0v) is 13.0. The molecule has 0 bridgehead atoms. The topological polar surface area (TPSA) is 47.0 Å². The van der Waals surface area contributed by atoms with E-state index in [2.05, 4.69) is 30.2 Å². The molecule has 1 aromatic rings. The summed E-state index contributed by atoms with van der Waals surface area (Å²) in [5.41, 5.74) is 1.22. The summed E-state index contributed by atoms with van der Waals surface area (Å²) in [6.07, 6.45) is 7.23. The smallest absolute Gasteiger partial charge is 0.133 e. The van der Waals surface area contributed by atoms with Crippen molar-refractivity contribution < 1.29 is 4.74 Å². The molecule has 112 valence electrons. The van der Waals surface area contributed by atoms with Gasteiger partial charge in [0.1, 0.15) is 11.6 Å². The molecular weight excluding hydrogens is 250 g/mol. The predicted octanol–water partition coefficient (Wildman–Crippen LogP) is 3.53. The van der Waals surface area contributed by atoms with E-state index in [0.717, 1.165) is 31.0 Å². The molecule has 1 heterocycles. The van der Waals surface area contributed by atoms with Crippen LogP contribution in [0.2, 0.25) is 0 Å². The van der Waals surface area contributed by atoms with Gasteiger partial charge in [-0.25, -0.2) is 9.97 Å². The minimum atomic E-state index is 0.160. The molecule has 0 amide bonds. The molecule has 1 saturated carbocycles. The highest BCUT2D eigenvalue weighted by Gasteiger charge is 2.20. The lowest BCUT2D eigenvalue weighted by atomic mass is 10.0. The van der Waals surface area contributed by atoms with Crippen LogP contribution in [0.3, 0.4) is 0 Å². The van der Waals surface area contributed by atoms with Crippen LogP contribution in [0.4, 0.5) is 5.82 Å². The minimum Gasteiger partial charge on any atom is -0.381 e. The zero-order chi connectivity index (χ0) is 14.4. The van der Waals surface area contributed by atoms with E-state index in [1.54, 1.807) is 7.11 Å². The summed E-state index contributed by atoms with van der Waals surface area (Å²) >= 11 is 0. The van der Waals surface area contributed by atoms with Gasteiger partial charge in [-0.2, -0.15) is 0 Å². The lowest BCUT2D eigenvalue weighted by Gasteiger charge is -2.15. The predicted molar refractivity (Wildman–Crippen MR) is 82.2 cm³/mol. The molecule has 1 aliphatic carbocycles. The molecule has 0 spiro atoms. The monoisotopic (exact) mass is 277 g/mol. The summed E-state index contributed by atoms with van der Waals surface area (Å²) in [4.78, 5) is 9.41. The van der Waals surface area contributed by atoms with Crippen molar-refractivity contribution in [2.45, 2.75) is 64.4 Å². The lowest BCUT2D eigenvalue weighted by molar-refractivity contribution is 0.117. The Bertz CT molecular complexity index is 416. The first kappa shape index (κ1) is 15.2. The molecule has 1 N–H and O–H groups in total. The van der Waals surface area contributed by atoms with Gasteiger partial charge in [-0.05, 0) is 26.2 Å². The first-order valence-electron chi connectivity index (χ1n) is 7.87. The second-order valence-corrected chi connectivity index (χ2v) is 5.75. The third kappa shape index (κ3) is 4.17. The standard InChI is InChI=1S/C16H27N3O/c1-4-9-17-15-11-14(13-7-5-6-8-13)18-16(19-15)10-12(2)20-3/h11-13H,4-10H2,1-3H3,(H,17,18,19). The number of aromatic nitrogens is 2. The molecule has 4 nitrogen and oxygen atoms in total. The van der Waals surface area contributed by atoms with Crippen LogP contribution >= 0.6 is 0 Å². The number of methoxy groups -OCH3 is 1. The number of hydrogen-bond acceptors (Lipinski definition) is 4. The van der Waals surface area contributed by atoms with Crippen molar-refractivity contribution >= 4 is 5.82 Å². The Balaban J connectivity index is 2.18. The molecule has 0 aromatic carbocycles. The van der Waals surface area contributed by atoms with Crippen molar-refractivity contribution in [3.8, 4) is 0 Å². The molecule has 0 radical (unpaired) electrons. The van der Waals surface area contributed by atoms with E-state index in [0.29, 0.717) is 5.92 Å². The van der Waals surface area contributed by atoms with E-state index in [1.165, 1.54) is 31.4 Å². The Hall–Kier alpha value is -1.16. The summed E-state index contributed by atoms with van der Waals surface area (Å²) in [6.45, 7) is 5.19. The maximum Gasteiger partial charge on any atom is 0.133 e. The molecule has 2 rings (SSSR count). The van der Waals surface area contributed by atoms with Gasteiger partial charge in [-0.3, -0.25) is 0 Å². The zero-order valence-electron chi connectivity index (χ0n) is 13.0. The molecular formula is C16H27N3O. The van der Waals surface area contributed by atoms with Crippen molar-refractivity contribution in [1.82, 2.24) is 9.97 Å². The van der Waals surface area contributed by atoms with Gasteiger partial charge in [0.2, 0.25) is 0 Å². The maximum absolute atomic E-state index is 5.34. The molecule has 1 unspecified atom stereocenters. The van der Waals surface area contributed by atoms with Crippen LogP contribution in [-0.4, -0.2) is 29.7 Å². The Kier molecular flexibility index (Phi) is 5.77. The van der Waals surface area contributed by atoms with Crippen LogP contribution in [0.1, 0.15) is 63.4 Å². The van der Waals surface area contributed by atoms with Crippen molar-refractivity contribution in [2.75, 3.05) is 19.0 Å². The Morgan fingerprint density at radius 3 is 2.75 bits per heavy atom. The molecule has 0 saturated heterocycles. The third-order valence-corrected chi connectivity index (χ3v) is 3.99. The highest BCUT2D eigenvalue weighted by Crippen LogP contribution is 2.33. The van der Waals surface area contributed by atoms with E-state index in [1.807, 2.05) is 0 Å². The average molecular weight is 277 g/mol. The lowest BCUT2D eigenvalue weighted by Crippen LogP contribution is -2.14. The third-order valence-electron chi connectivity index (χ3n) is 3.99. The van der Waals surface area contributed by atoms with Crippen molar-refractivity contribution in [1.29, 1.82) is 0 Å². The number of ether oxygens (including phenoxy) is 1. The largest absolute Gasteiger partial charge is 0.381 e. The first-order valence-corrected chi connectivity index (χ1v) is 7.87. The van der Waals surface area contributed by atoms with Gasteiger partial charge in [-0.15, -0.1) is 0 Å². The van der Waals surface area contributed by atoms with E-state index in [9.17, 15) is 0 Å². The average Bonchev–Trinajstić information content (AvgIpc) is 2.99. The highest BCUT2D eigenvalue weighted by molar-refractivity contribution is 5.37. The molecule has 1 aromatic heterocycles.